The first-order chi connectivity index (χ1) is 13.5. The third-order valence-corrected chi connectivity index (χ3v) is 5.50. The lowest BCUT2D eigenvalue weighted by atomic mass is 9.99. The highest BCUT2D eigenvalue weighted by molar-refractivity contribution is 7.89. The van der Waals surface area contributed by atoms with Crippen LogP contribution in [0.15, 0.2) is 90.0 Å². The Bertz CT molecular complexity index is 1220. The number of hydrogen-bond donors (Lipinski definition) is 2. The maximum absolute atomic E-state index is 11.4. The Kier molecular flexibility index (Phi) is 4.81. The molecule has 3 aromatic carbocycles. The first-order valence-corrected chi connectivity index (χ1v) is 10.4. The Morgan fingerprint density at radius 2 is 1.54 bits per heavy atom. The topological polar surface area (TPSA) is 85.1 Å². The number of nitrogens with zero attached hydrogens (tertiary/aromatic N) is 1. The summed E-state index contributed by atoms with van der Waals surface area (Å²) in [7, 11) is -3.70. The maximum Gasteiger partial charge on any atom is 0.238 e. The van der Waals surface area contributed by atoms with Gasteiger partial charge in [-0.05, 0) is 53.4 Å². The molecule has 0 fully saturated rings. The number of aromatic nitrogens is 1. The first-order valence-electron chi connectivity index (χ1n) is 8.81. The zero-order valence-corrected chi connectivity index (χ0v) is 15.9. The highest BCUT2D eigenvalue weighted by Gasteiger charge is 2.09. The van der Waals surface area contributed by atoms with Gasteiger partial charge in [-0.2, -0.15) is 0 Å². The van der Waals surface area contributed by atoms with Gasteiger partial charge in [0.25, 0.3) is 0 Å². The van der Waals surface area contributed by atoms with Crippen LogP contribution in [0.3, 0.4) is 0 Å². The molecule has 0 atom stereocenters. The Balaban J connectivity index is 1.68. The minimum atomic E-state index is -3.70. The molecule has 5 nitrogen and oxygen atoms in total. The summed E-state index contributed by atoms with van der Waals surface area (Å²) in [6.45, 7) is 0. The van der Waals surface area contributed by atoms with Gasteiger partial charge in [-0.25, -0.2) is 13.6 Å². The number of fused-ring (bicyclic) bond motifs is 1. The van der Waals surface area contributed by atoms with Gasteiger partial charge < -0.3 is 5.32 Å². The Hall–Kier alpha value is -3.22. The molecule has 0 unspecified atom stereocenters. The number of hydrogen-bond acceptors (Lipinski definition) is 4. The molecule has 0 saturated heterocycles. The summed E-state index contributed by atoms with van der Waals surface area (Å²) in [6.07, 6.45) is 2.56. The SMILES string of the molecule is NS(=O)(=O)c1ccc(Nc2ccc(Cc3ccccn3)c3ccccc23)cc1. The third kappa shape index (κ3) is 3.88. The lowest BCUT2D eigenvalue weighted by molar-refractivity contribution is 0.598. The molecule has 0 aliphatic rings. The van der Waals surface area contributed by atoms with Crippen molar-refractivity contribution < 1.29 is 8.42 Å². The van der Waals surface area contributed by atoms with E-state index in [-0.39, 0.29) is 4.90 Å². The smallest absolute Gasteiger partial charge is 0.238 e. The summed E-state index contributed by atoms with van der Waals surface area (Å²) < 4.78 is 22.8. The highest BCUT2D eigenvalue weighted by atomic mass is 32.2. The second kappa shape index (κ2) is 7.42. The average Bonchev–Trinajstić information content (AvgIpc) is 2.70. The molecule has 0 amide bonds. The van der Waals surface area contributed by atoms with Gasteiger partial charge in [0.15, 0.2) is 0 Å². The van der Waals surface area contributed by atoms with E-state index in [1.807, 2.05) is 36.4 Å². The monoisotopic (exact) mass is 389 g/mol. The number of pyridine rings is 1. The first kappa shape index (κ1) is 18.2. The number of rotatable bonds is 5. The molecular weight excluding hydrogens is 370 g/mol. The van der Waals surface area contributed by atoms with Gasteiger partial charge in [-0.15, -0.1) is 0 Å². The summed E-state index contributed by atoms with van der Waals surface area (Å²) in [4.78, 5) is 4.52. The summed E-state index contributed by atoms with van der Waals surface area (Å²) in [5.41, 5.74) is 3.95. The molecule has 4 rings (SSSR count). The molecule has 0 radical (unpaired) electrons. The van der Waals surface area contributed by atoms with Crippen LogP contribution in [0.5, 0.6) is 0 Å². The van der Waals surface area contributed by atoms with Gasteiger partial charge >= 0.3 is 0 Å². The second-order valence-corrected chi connectivity index (χ2v) is 8.07. The van der Waals surface area contributed by atoms with Crippen molar-refractivity contribution in [3.8, 4) is 0 Å². The zero-order valence-electron chi connectivity index (χ0n) is 15.0. The number of benzene rings is 3. The average molecular weight is 389 g/mol. The van der Waals surface area contributed by atoms with E-state index in [4.69, 9.17) is 5.14 Å². The molecule has 6 heteroatoms. The molecule has 4 aromatic rings. The molecule has 140 valence electrons. The van der Waals surface area contributed by atoms with Gasteiger partial charge in [-0.1, -0.05) is 36.4 Å². The minimum absolute atomic E-state index is 0.0913. The maximum atomic E-state index is 11.4. The molecule has 0 saturated carbocycles. The lowest BCUT2D eigenvalue weighted by Crippen LogP contribution is -2.11. The summed E-state index contributed by atoms with van der Waals surface area (Å²) in [6, 6.07) is 24.6. The van der Waals surface area contributed by atoms with E-state index in [2.05, 4.69) is 28.5 Å². The van der Waals surface area contributed by atoms with E-state index in [9.17, 15) is 8.42 Å². The fourth-order valence-corrected chi connectivity index (χ4v) is 3.72. The van der Waals surface area contributed by atoms with Gasteiger partial charge in [0, 0.05) is 35.1 Å². The van der Waals surface area contributed by atoms with E-state index in [1.165, 1.54) is 17.7 Å². The zero-order chi connectivity index (χ0) is 19.6. The molecule has 0 spiro atoms. The van der Waals surface area contributed by atoms with Crippen molar-refractivity contribution in [3.05, 3.63) is 96.3 Å². The van der Waals surface area contributed by atoms with Gasteiger partial charge in [0.1, 0.15) is 0 Å². The number of sulfonamides is 1. The molecule has 0 aliphatic heterocycles. The van der Waals surface area contributed by atoms with Crippen LogP contribution in [0.25, 0.3) is 10.8 Å². The van der Waals surface area contributed by atoms with E-state index >= 15 is 0 Å². The molecule has 0 bridgehead atoms. The quantitative estimate of drug-likeness (QED) is 0.535. The molecule has 1 aromatic heterocycles. The lowest BCUT2D eigenvalue weighted by Gasteiger charge is -2.13. The largest absolute Gasteiger partial charge is 0.355 e. The van der Waals surface area contributed by atoms with E-state index < -0.39 is 10.0 Å². The van der Waals surface area contributed by atoms with Crippen molar-refractivity contribution in [3.63, 3.8) is 0 Å². The van der Waals surface area contributed by atoms with E-state index in [0.717, 1.165) is 34.3 Å². The predicted octanol–water partition coefficient (Wildman–Crippen LogP) is 4.22. The summed E-state index contributed by atoms with van der Waals surface area (Å²) in [5.74, 6) is 0. The summed E-state index contributed by atoms with van der Waals surface area (Å²) >= 11 is 0. The normalized spacial score (nSPS) is 11.5. The molecule has 28 heavy (non-hydrogen) atoms. The van der Waals surface area contributed by atoms with Crippen LogP contribution in [0, 0.1) is 0 Å². The number of anilines is 2. The fraction of sp³-hybridized carbons (Fsp3) is 0.0455. The standard InChI is InChI=1S/C22H19N3O2S/c23-28(26,27)19-11-9-17(10-12-19)25-22-13-8-16(15-18-5-3-4-14-24-18)20-6-1-2-7-21(20)22/h1-14,25H,15H2,(H2,23,26,27). The molecule has 3 N–H and O–H groups in total. The van der Waals surface area contributed by atoms with Crippen molar-refractivity contribution in [2.45, 2.75) is 11.3 Å². The van der Waals surface area contributed by atoms with Crippen molar-refractivity contribution in [1.29, 1.82) is 0 Å². The summed E-state index contributed by atoms with van der Waals surface area (Å²) in [5, 5.41) is 10.8. The van der Waals surface area contributed by atoms with Crippen LogP contribution in [0.2, 0.25) is 0 Å². The minimum Gasteiger partial charge on any atom is -0.355 e. The molecule has 1 heterocycles. The van der Waals surface area contributed by atoms with E-state index in [1.54, 1.807) is 18.3 Å². The molecule has 0 aliphatic carbocycles. The van der Waals surface area contributed by atoms with Gasteiger partial charge in [-0.3, -0.25) is 4.98 Å². The van der Waals surface area contributed by atoms with E-state index in [0.29, 0.717) is 0 Å². The fourth-order valence-electron chi connectivity index (χ4n) is 3.21. The van der Waals surface area contributed by atoms with Crippen LogP contribution < -0.4 is 10.5 Å². The Labute approximate surface area is 163 Å². The predicted molar refractivity (Wildman–Crippen MR) is 112 cm³/mol. The van der Waals surface area contributed by atoms with Crippen LogP contribution in [0.1, 0.15) is 11.3 Å². The number of nitrogens with one attached hydrogen (secondary N) is 1. The van der Waals surface area contributed by atoms with Gasteiger partial charge in [0.2, 0.25) is 10.0 Å². The third-order valence-electron chi connectivity index (χ3n) is 4.57. The Morgan fingerprint density at radius 3 is 2.21 bits per heavy atom. The van der Waals surface area contributed by atoms with Crippen LogP contribution >= 0.6 is 0 Å². The molecular formula is C22H19N3O2S. The van der Waals surface area contributed by atoms with Crippen molar-refractivity contribution >= 4 is 32.2 Å². The van der Waals surface area contributed by atoms with Crippen molar-refractivity contribution in [2.75, 3.05) is 5.32 Å². The van der Waals surface area contributed by atoms with Crippen LogP contribution in [-0.2, 0) is 16.4 Å². The Morgan fingerprint density at radius 1 is 0.821 bits per heavy atom. The van der Waals surface area contributed by atoms with Crippen LogP contribution in [-0.4, -0.2) is 13.4 Å². The highest BCUT2D eigenvalue weighted by Crippen LogP contribution is 2.30. The van der Waals surface area contributed by atoms with Crippen LogP contribution in [0.4, 0.5) is 11.4 Å². The van der Waals surface area contributed by atoms with Gasteiger partial charge in [0.05, 0.1) is 4.90 Å². The second-order valence-electron chi connectivity index (χ2n) is 6.51. The number of nitrogens with two attached hydrogens (primary N) is 1. The van der Waals surface area contributed by atoms with Crippen molar-refractivity contribution in [2.24, 2.45) is 5.14 Å². The number of primary sulfonamides is 1. The van der Waals surface area contributed by atoms with Crippen molar-refractivity contribution in [1.82, 2.24) is 4.98 Å².